The van der Waals surface area contributed by atoms with Gasteiger partial charge in [0.25, 0.3) is 0 Å². The minimum Gasteiger partial charge on any atom is -0.206 e. The van der Waals surface area contributed by atoms with E-state index in [0.717, 1.165) is 14.9 Å². The van der Waals surface area contributed by atoms with Crippen LogP contribution in [0.3, 0.4) is 0 Å². The van der Waals surface area contributed by atoms with Crippen LogP contribution < -0.4 is 4.72 Å². The Labute approximate surface area is 130 Å². The molecule has 0 aliphatic carbocycles. The number of hydrogen-bond acceptors (Lipinski definition) is 4. The number of rotatable bonds is 4. The summed E-state index contributed by atoms with van der Waals surface area (Å²) >= 11 is 4.49. The predicted octanol–water partition coefficient (Wildman–Crippen LogP) is 3.17. The first kappa shape index (κ1) is 15.2. The fourth-order valence-corrected chi connectivity index (χ4v) is 4.85. The maximum atomic E-state index is 12.1. The summed E-state index contributed by atoms with van der Waals surface area (Å²) < 4.78 is 27.9. The van der Waals surface area contributed by atoms with Crippen LogP contribution in [0.2, 0.25) is 0 Å². The third-order valence-electron chi connectivity index (χ3n) is 2.62. The average molecular weight is 371 g/mol. The Bertz CT molecular complexity index is 756. The van der Waals surface area contributed by atoms with Gasteiger partial charge in [-0.2, -0.15) is 5.26 Å². The van der Waals surface area contributed by atoms with Crippen molar-refractivity contribution in [3.63, 3.8) is 0 Å². The molecule has 1 aromatic carbocycles. The SMILES string of the molecule is Cc1cc(S(=O)(=O)NCc2cccc(C#N)c2)sc1Br. The van der Waals surface area contributed by atoms with E-state index >= 15 is 0 Å². The van der Waals surface area contributed by atoms with Crippen molar-refractivity contribution < 1.29 is 8.42 Å². The van der Waals surface area contributed by atoms with Gasteiger partial charge in [-0.3, -0.25) is 0 Å². The number of hydrogen-bond donors (Lipinski definition) is 1. The molecule has 1 heterocycles. The van der Waals surface area contributed by atoms with Crippen LogP contribution >= 0.6 is 27.3 Å². The molecule has 4 nitrogen and oxygen atoms in total. The van der Waals surface area contributed by atoms with E-state index in [-0.39, 0.29) is 10.8 Å². The van der Waals surface area contributed by atoms with Gasteiger partial charge < -0.3 is 0 Å². The minimum absolute atomic E-state index is 0.159. The number of nitrogens with zero attached hydrogens (tertiary/aromatic N) is 1. The largest absolute Gasteiger partial charge is 0.250 e. The highest BCUT2D eigenvalue weighted by atomic mass is 79.9. The highest BCUT2D eigenvalue weighted by Gasteiger charge is 2.17. The van der Waals surface area contributed by atoms with E-state index in [1.807, 2.05) is 13.0 Å². The third-order valence-corrected chi connectivity index (χ3v) is 6.63. The highest BCUT2D eigenvalue weighted by Crippen LogP contribution is 2.30. The second-order valence-electron chi connectivity index (χ2n) is 4.16. The quantitative estimate of drug-likeness (QED) is 0.898. The average Bonchev–Trinajstić information content (AvgIpc) is 2.78. The zero-order valence-corrected chi connectivity index (χ0v) is 13.8. The fraction of sp³-hybridized carbons (Fsp3) is 0.154. The van der Waals surface area contributed by atoms with Crippen LogP contribution in [-0.4, -0.2) is 8.42 Å². The van der Waals surface area contributed by atoms with Crippen molar-refractivity contribution in [3.8, 4) is 6.07 Å². The zero-order valence-electron chi connectivity index (χ0n) is 10.6. The smallest absolute Gasteiger partial charge is 0.206 e. The number of thiophene rings is 1. The van der Waals surface area contributed by atoms with E-state index in [2.05, 4.69) is 20.7 Å². The Balaban J connectivity index is 2.15. The maximum absolute atomic E-state index is 12.1. The first-order valence-corrected chi connectivity index (χ1v) is 8.76. The molecule has 0 atom stereocenters. The van der Waals surface area contributed by atoms with Crippen LogP contribution in [0.15, 0.2) is 38.3 Å². The molecule has 0 bridgehead atoms. The van der Waals surface area contributed by atoms with Crippen molar-refractivity contribution in [1.82, 2.24) is 4.72 Å². The molecule has 0 radical (unpaired) electrons. The van der Waals surface area contributed by atoms with Gasteiger partial charge in [0, 0.05) is 6.54 Å². The molecular formula is C13H11BrN2O2S2. The zero-order chi connectivity index (χ0) is 14.8. The Morgan fingerprint density at radius 1 is 1.40 bits per heavy atom. The summed E-state index contributed by atoms with van der Waals surface area (Å²) in [7, 11) is -3.52. The summed E-state index contributed by atoms with van der Waals surface area (Å²) in [6.07, 6.45) is 0. The van der Waals surface area contributed by atoms with Crippen molar-refractivity contribution in [2.45, 2.75) is 17.7 Å². The Morgan fingerprint density at radius 3 is 2.75 bits per heavy atom. The first-order chi connectivity index (χ1) is 9.42. The van der Waals surface area contributed by atoms with Gasteiger partial charge in [-0.05, 0) is 52.2 Å². The number of nitriles is 1. The molecule has 0 amide bonds. The predicted molar refractivity (Wildman–Crippen MR) is 81.9 cm³/mol. The van der Waals surface area contributed by atoms with Crippen LogP contribution in [0.5, 0.6) is 0 Å². The minimum atomic E-state index is -3.52. The van der Waals surface area contributed by atoms with Gasteiger partial charge in [0.1, 0.15) is 4.21 Å². The molecule has 0 fully saturated rings. The Kier molecular flexibility index (Phi) is 4.60. The van der Waals surface area contributed by atoms with Gasteiger partial charge in [-0.1, -0.05) is 12.1 Å². The summed E-state index contributed by atoms with van der Waals surface area (Å²) in [5.74, 6) is 0. The van der Waals surface area contributed by atoms with Crippen LogP contribution in [-0.2, 0) is 16.6 Å². The molecule has 1 aromatic heterocycles. The maximum Gasteiger partial charge on any atom is 0.250 e. The van der Waals surface area contributed by atoms with Crippen molar-refractivity contribution in [1.29, 1.82) is 5.26 Å². The molecule has 2 rings (SSSR count). The second-order valence-corrected chi connectivity index (χ2v) is 8.52. The van der Waals surface area contributed by atoms with Crippen molar-refractivity contribution in [2.75, 3.05) is 0 Å². The number of benzene rings is 1. The molecule has 0 unspecified atom stereocenters. The molecule has 0 saturated heterocycles. The molecule has 0 saturated carbocycles. The van der Waals surface area contributed by atoms with E-state index < -0.39 is 10.0 Å². The van der Waals surface area contributed by atoms with Crippen molar-refractivity contribution in [3.05, 3.63) is 50.8 Å². The molecule has 0 aliphatic rings. The van der Waals surface area contributed by atoms with Gasteiger partial charge in [-0.25, -0.2) is 13.1 Å². The standard InChI is InChI=1S/C13H11BrN2O2S2/c1-9-5-12(19-13(9)14)20(17,18)16-8-11-4-2-3-10(6-11)7-15/h2-6,16H,8H2,1H3. The molecule has 2 aromatic rings. The summed E-state index contributed by atoms with van der Waals surface area (Å²) in [5, 5.41) is 8.81. The Morgan fingerprint density at radius 2 is 2.15 bits per heavy atom. The highest BCUT2D eigenvalue weighted by molar-refractivity contribution is 9.11. The molecule has 0 spiro atoms. The van der Waals surface area contributed by atoms with E-state index in [9.17, 15) is 8.42 Å². The molecule has 20 heavy (non-hydrogen) atoms. The van der Waals surface area contributed by atoms with Gasteiger partial charge in [0.05, 0.1) is 15.4 Å². The van der Waals surface area contributed by atoms with Crippen LogP contribution in [0.25, 0.3) is 0 Å². The van der Waals surface area contributed by atoms with E-state index in [4.69, 9.17) is 5.26 Å². The number of nitrogens with one attached hydrogen (secondary N) is 1. The van der Waals surface area contributed by atoms with Crippen LogP contribution in [0.4, 0.5) is 0 Å². The molecule has 0 aliphatic heterocycles. The van der Waals surface area contributed by atoms with Gasteiger partial charge >= 0.3 is 0 Å². The summed E-state index contributed by atoms with van der Waals surface area (Å²) in [6, 6.07) is 10.5. The monoisotopic (exact) mass is 370 g/mol. The number of halogens is 1. The summed E-state index contributed by atoms with van der Waals surface area (Å²) in [6.45, 7) is 2.00. The lowest BCUT2D eigenvalue weighted by atomic mass is 10.1. The van der Waals surface area contributed by atoms with Crippen LogP contribution in [0.1, 0.15) is 16.7 Å². The molecular weight excluding hydrogens is 360 g/mol. The molecule has 1 N–H and O–H groups in total. The van der Waals surface area contributed by atoms with Crippen molar-refractivity contribution in [2.24, 2.45) is 0 Å². The number of aryl methyl sites for hydroxylation is 1. The number of sulfonamides is 1. The lowest BCUT2D eigenvalue weighted by Gasteiger charge is -2.05. The summed E-state index contributed by atoms with van der Waals surface area (Å²) in [5.41, 5.74) is 2.15. The lowest BCUT2D eigenvalue weighted by Crippen LogP contribution is -2.22. The van der Waals surface area contributed by atoms with Crippen molar-refractivity contribution >= 4 is 37.3 Å². The normalized spacial score (nSPS) is 11.2. The fourth-order valence-electron chi connectivity index (χ4n) is 1.56. The second kappa shape index (κ2) is 6.06. The van der Waals surface area contributed by atoms with Gasteiger partial charge in [0.15, 0.2) is 0 Å². The third kappa shape index (κ3) is 3.46. The van der Waals surface area contributed by atoms with E-state index in [1.54, 1.807) is 30.3 Å². The lowest BCUT2D eigenvalue weighted by molar-refractivity contribution is 0.583. The van der Waals surface area contributed by atoms with E-state index in [1.165, 1.54) is 11.3 Å². The van der Waals surface area contributed by atoms with E-state index in [0.29, 0.717) is 5.56 Å². The van der Waals surface area contributed by atoms with Gasteiger partial charge in [-0.15, -0.1) is 11.3 Å². The van der Waals surface area contributed by atoms with Gasteiger partial charge in [0.2, 0.25) is 10.0 Å². The molecule has 7 heteroatoms. The topological polar surface area (TPSA) is 70.0 Å². The summed E-state index contributed by atoms with van der Waals surface area (Å²) in [4.78, 5) is 0. The molecule has 104 valence electrons. The Hall–Kier alpha value is -1.20. The first-order valence-electron chi connectivity index (χ1n) is 5.67. The van der Waals surface area contributed by atoms with Crippen LogP contribution in [0, 0.1) is 18.3 Å².